The van der Waals surface area contributed by atoms with Gasteiger partial charge in [-0.3, -0.25) is 4.79 Å². The van der Waals surface area contributed by atoms with E-state index in [0.29, 0.717) is 18.7 Å². The van der Waals surface area contributed by atoms with Gasteiger partial charge in [-0.2, -0.15) is 0 Å². The molecule has 0 saturated carbocycles. The van der Waals surface area contributed by atoms with Crippen LogP contribution in [0.4, 0.5) is 15.9 Å². The molecule has 0 spiro atoms. The van der Waals surface area contributed by atoms with Crippen LogP contribution in [0.1, 0.15) is 23.2 Å². The van der Waals surface area contributed by atoms with Crippen molar-refractivity contribution < 1.29 is 14.3 Å². The Kier molecular flexibility index (Phi) is 4.58. The maximum Gasteiger partial charge on any atom is 0.255 e. The molecule has 4 rings (SSSR count). The Labute approximate surface area is 157 Å². The van der Waals surface area contributed by atoms with Gasteiger partial charge in [0, 0.05) is 37.5 Å². The fourth-order valence-corrected chi connectivity index (χ4v) is 3.61. The SMILES string of the molecule is CN(c1ccc(F)cc1)c1ccc2ccc(C(=O)N3CCC[C@@H](O)C3)cn12. The van der Waals surface area contributed by atoms with Crippen molar-refractivity contribution in [1.29, 1.82) is 0 Å². The minimum absolute atomic E-state index is 0.0697. The first-order valence-electron chi connectivity index (χ1n) is 9.11. The van der Waals surface area contributed by atoms with E-state index in [9.17, 15) is 14.3 Å². The van der Waals surface area contributed by atoms with E-state index in [1.54, 1.807) is 17.0 Å². The predicted octanol–water partition coefficient (Wildman–Crippen LogP) is 3.44. The van der Waals surface area contributed by atoms with Gasteiger partial charge in [-0.1, -0.05) is 0 Å². The number of anilines is 2. The molecular weight excluding hydrogens is 345 g/mol. The van der Waals surface area contributed by atoms with Crippen molar-refractivity contribution in [2.45, 2.75) is 18.9 Å². The molecule has 0 bridgehead atoms. The molecule has 27 heavy (non-hydrogen) atoms. The molecule has 5 nitrogen and oxygen atoms in total. The summed E-state index contributed by atoms with van der Waals surface area (Å²) in [4.78, 5) is 16.5. The lowest BCUT2D eigenvalue weighted by Crippen LogP contribution is -2.42. The molecule has 1 saturated heterocycles. The molecule has 140 valence electrons. The summed E-state index contributed by atoms with van der Waals surface area (Å²) in [5, 5.41) is 9.84. The largest absolute Gasteiger partial charge is 0.391 e. The van der Waals surface area contributed by atoms with Gasteiger partial charge in [0.1, 0.15) is 11.6 Å². The lowest BCUT2D eigenvalue weighted by molar-refractivity contribution is 0.0473. The van der Waals surface area contributed by atoms with E-state index in [1.165, 1.54) is 12.1 Å². The topological polar surface area (TPSA) is 48.2 Å². The second-order valence-electron chi connectivity index (χ2n) is 6.99. The van der Waals surface area contributed by atoms with Gasteiger partial charge >= 0.3 is 0 Å². The van der Waals surface area contributed by atoms with Gasteiger partial charge in [0.25, 0.3) is 5.91 Å². The number of carbonyl (C=O) groups excluding carboxylic acids is 1. The van der Waals surface area contributed by atoms with E-state index < -0.39 is 6.10 Å². The van der Waals surface area contributed by atoms with Crippen molar-refractivity contribution in [2.75, 3.05) is 25.0 Å². The van der Waals surface area contributed by atoms with Crippen molar-refractivity contribution in [3.63, 3.8) is 0 Å². The summed E-state index contributed by atoms with van der Waals surface area (Å²) in [5.74, 6) is 0.536. The van der Waals surface area contributed by atoms with Crippen molar-refractivity contribution in [1.82, 2.24) is 9.30 Å². The van der Waals surface area contributed by atoms with Crippen LogP contribution in [0, 0.1) is 5.82 Å². The standard InChI is InChI=1S/C21H22FN3O2/c1-23(17-8-5-16(22)6-9-17)20-11-10-18-7-4-15(13-25(18)20)21(27)24-12-2-3-19(26)14-24/h4-11,13,19,26H,2-3,12,14H2,1H3/t19-/m1/s1. The number of pyridine rings is 1. The molecule has 1 N–H and O–H groups in total. The first-order chi connectivity index (χ1) is 13.0. The van der Waals surface area contributed by atoms with Crippen LogP contribution in [0.15, 0.2) is 54.7 Å². The molecule has 1 aliphatic heterocycles. The minimum atomic E-state index is -0.446. The molecule has 1 aromatic carbocycles. The first-order valence-corrected chi connectivity index (χ1v) is 9.11. The summed E-state index contributed by atoms with van der Waals surface area (Å²) in [7, 11) is 1.91. The molecular formula is C21H22FN3O2. The Bertz CT molecular complexity index is 967. The molecule has 3 aromatic rings. The summed E-state index contributed by atoms with van der Waals surface area (Å²) in [6.07, 6.45) is 2.94. The average molecular weight is 367 g/mol. The lowest BCUT2D eigenvalue weighted by Gasteiger charge is -2.30. The van der Waals surface area contributed by atoms with Gasteiger partial charge in [0.05, 0.1) is 11.7 Å². The van der Waals surface area contributed by atoms with Crippen molar-refractivity contribution in [2.24, 2.45) is 0 Å². The minimum Gasteiger partial charge on any atom is -0.391 e. The van der Waals surface area contributed by atoms with E-state index in [-0.39, 0.29) is 11.7 Å². The number of nitrogens with zero attached hydrogens (tertiary/aromatic N) is 3. The first kappa shape index (κ1) is 17.5. The molecule has 1 atom stereocenters. The second kappa shape index (κ2) is 7.04. The zero-order chi connectivity index (χ0) is 19.0. The zero-order valence-corrected chi connectivity index (χ0v) is 15.2. The monoisotopic (exact) mass is 367 g/mol. The normalized spacial score (nSPS) is 17.3. The van der Waals surface area contributed by atoms with E-state index in [4.69, 9.17) is 0 Å². The number of fused-ring (bicyclic) bond motifs is 1. The van der Waals surface area contributed by atoms with Crippen LogP contribution >= 0.6 is 0 Å². The third-order valence-corrected chi connectivity index (χ3v) is 5.12. The average Bonchev–Trinajstić information content (AvgIpc) is 3.10. The van der Waals surface area contributed by atoms with Gasteiger partial charge < -0.3 is 19.3 Å². The van der Waals surface area contributed by atoms with Crippen LogP contribution in [0.3, 0.4) is 0 Å². The maximum absolute atomic E-state index is 13.2. The van der Waals surface area contributed by atoms with E-state index >= 15 is 0 Å². The highest BCUT2D eigenvalue weighted by Gasteiger charge is 2.23. The number of hydrogen-bond donors (Lipinski definition) is 1. The second-order valence-corrected chi connectivity index (χ2v) is 6.99. The molecule has 3 heterocycles. The Balaban J connectivity index is 1.66. The maximum atomic E-state index is 13.2. The molecule has 1 aliphatic rings. The molecule has 2 aromatic heterocycles. The molecule has 6 heteroatoms. The van der Waals surface area contributed by atoms with E-state index in [1.807, 2.05) is 46.8 Å². The summed E-state index contributed by atoms with van der Waals surface area (Å²) >= 11 is 0. The smallest absolute Gasteiger partial charge is 0.255 e. The number of likely N-dealkylation sites (tertiary alicyclic amines) is 1. The van der Waals surface area contributed by atoms with Gasteiger partial charge in [-0.25, -0.2) is 4.39 Å². The molecule has 0 radical (unpaired) electrons. The van der Waals surface area contributed by atoms with Crippen molar-refractivity contribution in [3.8, 4) is 0 Å². The highest BCUT2D eigenvalue weighted by Crippen LogP contribution is 2.27. The van der Waals surface area contributed by atoms with Gasteiger partial charge in [-0.15, -0.1) is 0 Å². The third-order valence-electron chi connectivity index (χ3n) is 5.12. The van der Waals surface area contributed by atoms with Gasteiger partial charge in [0.2, 0.25) is 0 Å². The molecule has 1 fully saturated rings. The summed E-state index contributed by atoms with van der Waals surface area (Å²) < 4.78 is 15.2. The molecule has 0 unspecified atom stereocenters. The summed E-state index contributed by atoms with van der Waals surface area (Å²) in [5.41, 5.74) is 2.41. The number of benzene rings is 1. The number of piperidine rings is 1. The fourth-order valence-electron chi connectivity index (χ4n) is 3.61. The third kappa shape index (κ3) is 3.40. The molecule has 1 amide bonds. The number of hydrogen-bond acceptors (Lipinski definition) is 3. The number of carbonyl (C=O) groups is 1. The number of aliphatic hydroxyl groups is 1. The van der Waals surface area contributed by atoms with Crippen LogP contribution in [0.2, 0.25) is 0 Å². The van der Waals surface area contributed by atoms with Gasteiger partial charge in [-0.05, 0) is 61.4 Å². The number of amides is 1. The Hall–Kier alpha value is -2.86. The Morgan fingerprint density at radius 3 is 2.63 bits per heavy atom. The van der Waals surface area contributed by atoms with Crippen molar-refractivity contribution >= 4 is 22.9 Å². The number of aliphatic hydroxyl groups excluding tert-OH is 1. The van der Waals surface area contributed by atoms with Crippen LogP contribution in [0.5, 0.6) is 0 Å². The van der Waals surface area contributed by atoms with Crippen LogP contribution < -0.4 is 4.90 Å². The Morgan fingerprint density at radius 1 is 1.15 bits per heavy atom. The quantitative estimate of drug-likeness (QED) is 0.771. The van der Waals surface area contributed by atoms with E-state index in [2.05, 4.69) is 0 Å². The fraction of sp³-hybridized carbons (Fsp3) is 0.286. The summed E-state index contributed by atoms with van der Waals surface area (Å²) in [6, 6.07) is 14.0. The number of rotatable bonds is 3. The zero-order valence-electron chi connectivity index (χ0n) is 15.2. The molecule has 0 aliphatic carbocycles. The number of β-amino-alcohol motifs (C(OH)–C–C–N with tert-alkyl or cyclic N) is 1. The number of halogens is 1. The Morgan fingerprint density at radius 2 is 1.89 bits per heavy atom. The van der Waals surface area contributed by atoms with Crippen LogP contribution in [-0.2, 0) is 0 Å². The highest BCUT2D eigenvalue weighted by molar-refractivity contribution is 5.94. The van der Waals surface area contributed by atoms with Gasteiger partial charge in [0.15, 0.2) is 0 Å². The van der Waals surface area contributed by atoms with Crippen LogP contribution in [-0.4, -0.2) is 46.6 Å². The lowest BCUT2D eigenvalue weighted by atomic mass is 10.1. The van der Waals surface area contributed by atoms with E-state index in [0.717, 1.165) is 29.9 Å². The highest BCUT2D eigenvalue weighted by atomic mass is 19.1. The van der Waals surface area contributed by atoms with Crippen molar-refractivity contribution in [3.05, 3.63) is 66.1 Å². The summed E-state index contributed by atoms with van der Waals surface area (Å²) in [6.45, 7) is 1.05. The predicted molar refractivity (Wildman–Crippen MR) is 103 cm³/mol. The van der Waals surface area contributed by atoms with Crippen LogP contribution in [0.25, 0.3) is 5.52 Å². The number of aromatic nitrogens is 1.